The van der Waals surface area contributed by atoms with Crippen molar-refractivity contribution in [3.05, 3.63) is 29.0 Å². The van der Waals surface area contributed by atoms with Gasteiger partial charge in [0, 0.05) is 11.3 Å². The summed E-state index contributed by atoms with van der Waals surface area (Å²) in [5.41, 5.74) is 0. The maximum Gasteiger partial charge on any atom is 0.236 e. The normalized spacial score (nSPS) is 13.0. The Morgan fingerprint density at radius 3 is 2.93 bits per heavy atom. The number of aliphatic hydroxyl groups is 1. The summed E-state index contributed by atoms with van der Waals surface area (Å²) in [6.07, 6.45) is 1.80. The molecule has 2 aromatic heterocycles. The van der Waals surface area contributed by atoms with E-state index in [2.05, 4.69) is 4.98 Å². The maximum absolute atomic E-state index is 9.20. The van der Waals surface area contributed by atoms with Crippen molar-refractivity contribution in [1.82, 2.24) is 4.98 Å². The Hall–Kier alpha value is -1.13. The molecular weight excluding hydrogens is 210 g/mol. The summed E-state index contributed by atoms with van der Waals surface area (Å²) >= 11 is 1.65. The summed E-state index contributed by atoms with van der Waals surface area (Å²) in [4.78, 5) is 6.45. The third-order valence-electron chi connectivity index (χ3n) is 2.00. The Balaban J connectivity index is 2.20. The first-order chi connectivity index (χ1) is 7.15. The van der Waals surface area contributed by atoms with Gasteiger partial charge in [-0.05, 0) is 26.0 Å². The first kappa shape index (κ1) is 10.4. The van der Waals surface area contributed by atoms with E-state index in [1.54, 1.807) is 24.5 Å². The number of aromatic nitrogens is 1. The van der Waals surface area contributed by atoms with E-state index >= 15 is 0 Å². The Morgan fingerprint density at radius 1 is 1.53 bits per heavy atom. The molecule has 3 nitrogen and oxygen atoms in total. The second kappa shape index (κ2) is 4.16. The minimum absolute atomic E-state index is 0.393. The molecule has 0 saturated heterocycles. The van der Waals surface area contributed by atoms with Gasteiger partial charge in [-0.3, -0.25) is 0 Å². The van der Waals surface area contributed by atoms with Gasteiger partial charge in [0.15, 0.2) is 0 Å². The second-order valence-corrected chi connectivity index (χ2v) is 4.88. The summed E-state index contributed by atoms with van der Waals surface area (Å²) in [7, 11) is 0. The predicted molar refractivity (Wildman–Crippen MR) is 59.9 cm³/mol. The van der Waals surface area contributed by atoms with Crippen LogP contribution in [0.5, 0.6) is 0 Å². The topological polar surface area (TPSA) is 46.3 Å². The van der Waals surface area contributed by atoms with E-state index in [-0.39, 0.29) is 0 Å². The molecule has 0 aliphatic carbocycles. The van der Waals surface area contributed by atoms with Gasteiger partial charge in [-0.15, -0.1) is 11.3 Å². The zero-order chi connectivity index (χ0) is 10.8. The van der Waals surface area contributed by atoms with Gasteiger partial charge in [0.25, 0.3) is 0 Å². The van der Waals surface area contributed by atoms with Crippen molar-refractivity contribution in [2.24, 2.45) is 0 Å². The van der Waals surface area contributed by atoms with E-state index in [0.717, 1.165) is 10.6 Å². The van der Waals surface area contributed by atoms with Crippen molar-refractivity contribution in [2.45, 2.75) is 26.4 Å². The van der Waals surface area contributed by atoms with Crippen molar-refractivity contribution >= 4 is 11.3 Å². The molecule has 2 aromatic rings. The fourth-order valence-electron chi connectivity index (χ4n) is 1.36. The number of rotatable bonds is 3. The summed E-state index contributed by atoms with van der Waals surface area (Å²) in [6, 6.07) is 4.04. The molecule has 4 heteroatoms. The van der Waals surface area contributed by atoms with Crippen LogP contribution in [-0.4, -0.2) is 16.2 Å². The lowest BCUT2D eigenvalue weighted by atomic mass is 10.2. The van der Waals surface area contributed by atoms with Crippen molar-refractivity contribution < 1.29 is 9.52 Å². The zero-order valence-corrected chi connectivity index (χ0v) is 9.54. The molecule has 0 spiro atoms. The Bertz CT molecular complexity index is 445. The summed E-state index contributed by atoms with van der Waals surface area (Å²) in [5.74, 6) is 1.37. The number of thiophene rings is 1. The second-order valence-electron chi connectivity index (χ2n) is 3.60. The summed E-state index contributed by atoms with van der Waals surface area (Å²) in [6.45, 7) is 3.78. The molecule has 0 saturated carbocycles. The Kier molecular flexibility index (Phi) is 2.88. The zero-order valence-electron chi connectivity index (χ0n) is 8.73. The molecule has 1 N–H and O–H groups in total. The molecule has 80 valence electrons. The predicted octanol–water partition coefficient (Wildman–Crippen LogP) is 2.63. The molecule has 1 unspecified atom stereocenters. The molecule has 0 bridgehead atoms. The highest BCUT2D eigenvalue weighted by atomic mass is 32.1. The van der Waals surface area contributed by atoms with Crippen LogP contribution in [0.25, 0.3) is 10.8 Å². The average Bonchev–Trinajstić information content (AvgIpc) is 2.72. The lowest BCUT2D eigenvalue weighted by Crippen LogP contribution is -2.02. The molecule has 2 rings (SSSR count). The molecular formula is C11H13NO2S. The van der Waals surface area contributed by atoms with Crippen molar-refractivity contribution in [1.29, 1.82) is 0 Å². The smallest absolute Gasteiger partial charge is 0.236 e. The SMILES string of the molecule is Cc1ccc(-c2ncc(CC(C)O)o2)s1. The van der Waals surface area contributed by atoms with Gasteiger partial charge < -0.3 is 9.52 Å². The van der Waals surface area contributed by atoms with Crippen LogP contribution < -0.4 is 0 Å². The highest BCUT2D eigenvalue weighted by Crippen LogP contribution is 2.27. The van der Waals surface area contributed by atoms with Gasteiger partial charge in [0.2, 0.25) is 5.89 Å². The average molecular weight is 223 g/mol. The van der Waals surface area contributed by atoms with E-state index in [0.29, 0.717) is 12.3 Å². The van der Waals surface area contributed by atoms with Crippen LogP contribution in [0.4, 0.5) is 0 Å². The number of hydrogen-bond donors (Lipinski definition) is 1. The summed E-state index contributed by atoms with van der Waals surface area (Å²) < 4.78 is 5.53. The highest BCUT2D eigenvalue weighted by molar-refractivity contribution is 7.15. The van der Waals surface area contributed by atoms with E-state index < -0.39 is 6.10 Å². The van der Waals surface area contributed by atoms with Crippen molar-refractivity contribution in [2.75, 3.05) is 0 Å². The number of hydrogen-bond acceptors (Lipinski definition) is 4. The van der Waals surface area contributed by atoms with Gasteiger partial charge in [-0.2, -0.15) is 0 Å². The minimum atomic E-state index is -0.393. The third-order valence-corrected chi connectivity index (χ3v) is 2.99. The van der Waals surface area contributed by atoms with Gasteiger partial charge in [-0.25, -0.2) is 4.98 Å². The molecule has 0 amide bonds. The van der Waals surface area contributed by atoms with Crippen LogP contribution in [0.1, 0.15) is 17.6 Å². The lowest BCUT2D eigenvalue weighted by Gasteiger charge is -1.97. The van der Waals surface area contributed by atoms with Gasteiger partial charge >= 0.3 is 0 Å². The van der Waals surface area contributed by atoms with Crippen LogP contribution in [0.2, 0.25) is 0 Å². The monoisotopic (exact) mass is 223 g/mol. The van der Waals surface area contributed by atoms with Gasteiger partial charge in [0.05, 0.1) is 17.2 Å². The minimum Gasteiger partial charge on any atom is -0.440 e. The van der Waals surface area contributed by atoms with Crippen LogP contribution in [0.15, 0.2) is 22.7 Å². The number of aliphatic hydroxyl groups excluding tert-OH is 1. The van der Waals surface area contributed by atoms with Gasteiger partial charge in [-0.1, -0.05) is 0 Å². The van der Waals surface area contributed by atoms with E-state index in [1.165, 1.54) is 4.88 Å². The van der Waals surface area contributed by atoms with Crippen LogP contribution in [0.3, 0.4) is 0 Å². The molecule has 0 fully saturated rings. The molecule has 0 aromatic carbocycles. The fourth-order valence-corrected chi connectivity index (χ4v) is 2.16. The number of aryl methyl sites for hydroxylation is 1. The molecule has 15 heavy (non-hydrogen) atoms. The van der Waals surface area contributed by atoms with Crippen LogP contribution in [-0.2, 0) is 6.42 Å². The fraction of sp³-hybridized carbons (Fsp3) is 0.364. The Labute approximate surface area is 92.4 Å². The largest absolute Gasteiger partial charge is 0.440 e. The van der Waals surface area contributed by atoms with E-state index in [4.69, 9.17) is 4.42 Å². The molecule has 0 aliphatic rings. The third kappa shape index (κ3) is 2.46. The van der Waals surface area contributed by atoms with E-state index in [9.17, 15) is 5.11 Å². The molecule has 0 radical (unpaired) electrons. The number of nitrogens with zero attached hydrogens (tertiary/aromatic N) is 1. The lowest BCUT2D eigenvalue weighted by molar-refractivity contribution is 0.187. The maximum atomic E-state index is 9.20. The van der Waals surface area contributed by atoms with Crippen molar-refractivity contribution in [3.8, 4) is 10.8 Å². The van der Waals surface area contributed by atoms with Crippen molar-refractivity contribution in [3.63, 3.8) is 0 Å². The van der Waals surface area contributed by atoms with Crippen LogP contribution in [0, 0.1) is 6.92 Å². The van der Waals surface area contributed by atoms with Gasteiger partial charge in [0.1, 0.15) is 5.76 Å². The molecule has 0 aliphatic heterocycles. The van der Waals surface area contributed by atoms with Crippen LogP contribution >= 0.6 is 11.3 Å². The molecule has 2 heterocycles. The summed E-state index contributed by atoms with van der Waals surface area (Å²) in [5, 5.41) is 9.20. The standard InChI is InChI=1S/C11H13NO2S/c1-7(13)5-9-6-12-11(14-9)10-4-3-8(2)15-10/h3-4,6-7,13H,5H2,1-2H3. The quantitative estimate of drug-likeness (QED) is 0.870. The Morgan fingerprint density at radius 2 is 2.33 bits per heavy atom. The first-order valence-electron chi connectivity index (χ1n) is 4.85. The molecule has 1 atom stereocenters. The highest BCUT2D eigenvalue weighted by Gasteiger charge is 2.09. The number of oxazole rings is 1. The van der Waals surface area contributed by atoms with E-state index in [1.807, 2.05) is 19.1 Å². The first-order valence-corrected chi connectivity index (χ1v) is 5.66.